The molecule has 0 saturated heterocycles. The lowest BCUT2D eigenvalue weighted by atomic mass is 10.1. The topological polar surface area (TPSA) is 102 Å². The Morgan fingerprint density at radius 2 is 1.91 bits per heavy atom. The maximum Gasteiger partial charge on any atom is 0.330 e. The van der Waals surface area contributed by atoms with Crippen molar-refractivity contribution < 1.29 is 22.7 Å². The summed E-state index contributed by atoms with van der Waals surface area (Å²) in [5.41, 5.74) is -1.08. The van der Waals surface area contributed by atoms with Gasteiger partial charge in [0.1, 0.15) is 5.54 Å². The van der Waals surface area contributed by atoms with Gasteiger partial charge in [-0.2, -0.15) is 0 Å². The van der Waals surface area contributed by atoms with E-state index in [9.17, 15) is 18.0 Å². The Morgan fingerprint density at radius 1 is 1.27 bits per heavy atom. The third-order valence-corrected chi connectivity index (χ3v) is 4.41. The molecule has 1 aromatic rings. The Hall–Kier alpha value is -1.93. The molecule has 8 heteroatoms. The fourth-order valence-corrected chi connectivity index (χ4v) is 2.83. The number of hydrogen-bond acceptors (Lipinski definition) is 5. The van der Waals surface area contributed by atoms with Gasteiger partial charge in [0, 0.05) is 12.1 Å². The number of methoxy groups -OCH3 is 1. The number of carbonyl (C=O) groups excluding carboxylic acids is 2. The summed E-state index contributed by atoms with van der Waals surface area (Å²) < 4.78 is 30.8. The van der Waals surface area contributed by atoms with Crippen molar-refractivity contribution in [1.82, 2.24) is 10.0 Å². The number of esters is 1. The molecular weight excluding hydrogens is 308 g/mol. The molecule has 0 radical (unpaired) electrons. The van der Waals surface area contributed by atoms with E-state index in [1.54, 1.807) is 6.92 Å². The highest BCUT2D eigenvalue weighted by molar-refractivity contribution is 7.89. The molecule has 0 saturated carbocycles. The lowest BCUT2D eigenvalue weighted by Gasteiger charge is -2.23. The second-order valence-electron chi connectivity index (χ2n) is 5.10. The highest BCUT2D eigenvalue weighted by Gasteiger charge is 2.31. The molecule has 7 nitrogen and oxygen atoms in total. The van der Waals surface area contributed by atoms with Gasteiger partial charge in [0.15, 0.2) is 0 Å². The van der Waals surface area contributed by atoms with Crippen LogP contribution in [0.4, 0.5) is 0 Å². The fraction of sp³-hybridized carbons (Fsp3) is 0.429. The van der Waals surface area contributed by atoms with Crippen molar-refractivity contribution >= 4 is 21.9 Å². The van der Waals surface area contributed by atoms with E-state index in [-0.39, 0.29) is 17.0 Å². The Bertz CT molecular complexity index is 668. The van der Waals surface area contributed by atoms with Gasteiger partial charge in [0.25, 0.3) is 5.91 Å². The maximum absolute atomic E-state index is 12.2. The molecule has 2 N–H and O–H groups in total. The predicted molar refractivity (Wildman–Crippen MR) is 80.9 cm³/mol. The average molecular weight is 328 g/mol. The summed E-state index contributed by atoms with van der Waals surface area (Å²) >= 11 is 0. The number of amides is 1. The minimum Gasteiger partial charge on any atom is -0.467 e. The maximum atomic E-state index is 12.2. The molecule has 0 aliphatic carbocycles. The molecule has 0 heterocycles. The van der Waals surface area contributed by atoms with E-state index in [0.717, 1.165) is 0 Å². The minimum absolute atomic E-state index is 0.0159. The normalized spacial score (nSPS) is 11.8. The summed E-state index contributed by atoms with van der Waals surface area (Å²) in [5, 5.41) is 2.51. The molecule has 0 aliphatic heterocycles. The summed E-state index contributed by atoms with van der Waals surface area (Å²) in [4.78, 5) is 23.7. The largest absolute Gasteiger partial charge is 0.467 e. The standard InChI is InChI=1S/C14H20N2O5S/c1-5-15-22(19,20)11-8-6-7-10(9-11)12(17)16-14(2,3)13(18)21-4/h6-9,15H,5H2,1-4H3,(H,16,17). The van der Waals surface area contributed by atoms with E-state index in [1.807, 2.05) is 0 Å². The van der Waals surface area contributed by atoms with Crippen molar-refractivity contribution in [3.8, 4) is 0 Å². The third-order valence-electron chi connectivity index (χ3n) is 2.86. The van der Waals surface area contributed by atoms with Crippen molar-refractivity contribution in [3.63, 3.8) is 0 Å². The third kappa shape index (κ3) is 4.28. The number of carbonyl (C=O) groups is 2. The molecule has 1 rings (SSSR count). The van der Waals surface area contributed by atoms with E-state index < -0.39 is 27.4 Å². The van der Waals surface area contributed by atoms with E-state index in [0.29, 0.717) is 0 Å². The van der Waals surface area contributed by atoms with Gasteiger partial charge in [-0.1, -0.05) is 13.0 Å². The van der Waals surface area contributed by atoms with Gasteiger partial charge in [0.2, 0.25) is 10.0 Å². The van der Waals surface area contributed by atoms with Gasteiger partial charge < -0.3 is 10.1 Å². The van der Waals surface area contributed by atoms with Crippen molar-refractivity contribution in [3.05, 3.63) is 29.8 Å². The van der Waals surface area contributed by atoms with Crippen molar-refractivity contribution in [1.29, 1.82) is 0 Å². The summed E-state index contributed by atoms with van der Waals surface area (Å²) in [6.45, 7) is 4.90. The number of rotatable bonds is 6. The molecule has 0 atom stereocenters. The van der Waals surface area contributed by atoms with Crippen LogP contribution in [0.2, 0.25) is 0 Å². The van der Waals surface area contributed by atoms with Gasteiger partial charge in [0.05, 0.1) is 12.0 Å². The Morgan fingerprint density at radius 3 is 2.45 bits per heavy atom. The first-order chi connectivity index (χ1) is 10.1. The van der Waals surface area contributed by atoms with Crippen LogP contribution in [0.5, 0.6) is 0 Å². The second-order valence-corrected chi connectivity index (χ2v) is 6.87. The number of sulfonamides is 1. The molecule has 122 valence electrons. The molecule has 0 spiro atoms. The Kier molecular flexibility index (Phi) is 5.67. The van der Waals surface area contributed by atoms with E-state index in [1.165, 1.54) is 45.2 Å². The zero-order valence-electron chi connectivity index (χ0n) is 13.0. The van der Waals surface area contributed by atoms with Gasteiger partial charge in [-0.05, 0) is 32.0 Å². The van der Waals surface area contributed by atoms with Gasteiger partial charge in [-0.15, -0.1) is 0 Å². The Balaban J connectivity index is 3.04. The molecule has 0 unspecified atom stereocenters. The molecule has 0 aromatic heterocycles. The van der Waals surface area contributed by atoms with Crippen LogP contribution in [0.25, 0.3) is 0 Å². The fourth-order valence-electron chi connectivity index (χ4n) is 1.74. The summed E-state index contributed by atoms with van der Waals surface area (Å²) in [5.74, 6) is -1.17. The van der Waals surface area contributed by atoms with E-state index >= 15 is 0 Å². The molecule has 0 bridgehead atoms. The summed E-state index contributed by atoms with van der Waals surface area (Å²) in [6.07, 6.45) is 0. The van der Waals surface area contributed by atoms with Crippen LogP contribution in [0.1, 0.15) is 31.1 Å². The van der Waals surface area contributed by atoms with Gasteiger partial charge in [-0.3, -0.25) is 4.79 Å². The first-order valence-corrected chi connectivity index (χ1v) is 8.13. The SMILES string of the molecule is CCNS(=O)(=O)c1cccc(C(=O)NC(C)(C)C(=O)OC)c1. The van der Waals surface area contributed by atoms with Crippen LogP contribution in [-0.2, 0) is 19.6 Å². The number of hydrogen-bond donors (Lipinski definition) is 2. The highest BCUT2D eigenvalue weighted by atomic mass is 32.2. The number of nitrogens with one attached hydrogen (secondary N) is 2. The molecular formula is C14H20N2O5S. The zero-order chi connectivity index (χ0) is 17.0. The summed E-state index contributed by atoms with van der Waals surface area (Å²) in [7, 11) is -2.43. The van der Waals surface area contributed by atoms with Crippen LogP contribution < -0.4 is 10.0 Å². The lowest BCUT2D eigenvalue weighted by molar-refractivity contribution is -0.146. The highest BCUT2D eigenvalue weighted by Crippen LogP contribution is 2.13. The van der Waals surface area contributed by atoms with Crippen LogP contribution in [0.15, 0.2) is 29.2 Å². The van der Waals surface area contributed by atoms with Crippen molar-refractivity contribution in [2.45, 2.75) is 31.2 Å². The summed E-state index contributed by atoms with van der Waals surface area (Å²) in [6, 6.07) is 5.57. The van der Waals surface area contributed by atoms with Gasteiger partial charge in [-0.25, -0.2) is 17.9 Å². The van der Waals surface area contributed by atoms with Crippen molar-refractivity contribution in [2.75, 3.05) is 13.7 Å². The molecule has 22 heavy (non-hydrogen) atoms. The minimum atomic E-state index is -3.65. The number of ether oxygens (including phenoxy) is 1. The van der Waals surface area contributed by atoms with Gasteiger partial charge >= 0.3 is 5.97 Å². The van der Waals surface area contributed by atoms with Crippen LogP contribution >= 0.6 is 0 Å². The molecule has 1 aromatic carbocycles. The quantitative estimate of drug-likeness (QED) is 0.747. The molecule has 0 aliphatic rings. The smallest absolute Gasteiger partial charge is 0.330 e. The van der Waals surface area contributed by atoms with Crippen LogP contribution in [-0.4, -0.2) is 39.5 Å². The average Bonchev–Trinajstić information content (AvgIpc) is 2.46. The first kappa shape index (κ1) is 18.1. The van der Waals surface area contributed by atoms with Crippen LogP contribution in [0.3, 0.4) is 0 Å². The Labute approximate surface area is 130 Å². The zero-order valence-corrected chi connectivity index (χ0v) is 13.8. The second kappa shape index (κ2) is 6.89. The molecule has 1 amide bonds. The van der Waals surface area contributed by atoms with Crippen molar-refractivity contribution in [2.24, 2.45) is 0 Å². The predicted octanol–water partition coefficient (Wildman–Crippen LogP) is 0.666. The number of benzene rings is 1. The van der Waals surface area contributed by atoms with E-state index in [2.05, 4.69) is 14.8 Å². The van der Waals surface area contributed by atoms with E-state index in [4.69, 9.17) is 0 Å². The first-order valence-electron chi connectivity index (χ1n) is 6.64. The van der Waals surface area contributed by atoms with Crippen LogP contribution in [0, 0.1) is 0 Å². The lowest BCUT2D eigenvalue weighted by Crippen LogP contribution is -2.50. The molecule has 0 fully saturated rings. The monoisotopic (exact) mass is 328 g/mol.